The van der Waals surface area contributed by atoms with Crippen LogP contribution in [0.5, 0.6) is 17.4 Å². The number of carbonyl (C=O) groups is 1. The van der Waals surface area contributed by atoms with Crippen molar-refractivity contribution in [2.45, 2.75) is 20.8 Å². The van der Waals surface area contributed by atoms with Crippen molar-refractivity contribution in [1.29, 1.82) is 5.26 Å². The number of hydrogen-bond acceptors (Lipinski definition) is 6. The molecule has 36 heavy (non-hydrogen) atoms. The number of fused-ring (bicyclic) bond motifs is 1. The van der Waals surface area contributed by atoms with Crippen LogP contribution in [0.25, 0.3) is 11.7 Å². The third kappa shape index (κ3) is 5.26. The summed E-state index contributed by atoms with van der Waals surface area (Å²) in [5.41, 5.74) is 1.95. The van der Waals surface area contributed by atoms with Gasteiger partial charge in [0, 0.05) is 11.9 Å². The predicted octanol–water partition coefficient (Wildman–Crippen LogP) is 5.05. The third-order valence-corrected chi connectivity index (χ3v) is 5.36. The van der Waals surface area contributed by atoms with Gasteiger partial charge in [-0.15, -0.1) is 0 Å². The molecule has 4 aromatic rings. The Morgan fingerprint density at radius 2 is 1.78 bits per heavy atom. The zero-order chi connectivity index (χ0) is 25.7. The van der Waals surface area contributed by atoms with Crippen molar-refractivity contribution in [3.63, 3.8) is 0 Å². The van der Waals surface area contributed by atoms with Crippen LogP contribution in [-0.4, -0.2) is 21.9 Å². The molecule has 4 rings (SSSR count). The molecule has 0 saturated carbocycles. The topological polar surface area (TPSA) is 106 Å². The van der Waals surface area contributed by atoms with Gasteiger partial charge in [0.05, 0.1) is 6.61 Å². The summed E-state index contributed by atoms with van der Waals surface area (Å²) in [4.78, 5) is 30.9. The maximum absolute atomic E-state index is 13.4. The van der Waals surface area contributed by atoms with E-state index in [1.54, 1.807) is 48.7 Å². The number of rotatable bonds is 7. The van der Waals surface area contributed by atoms with Crippen molar-refractivity contribution in [2.75, 3.05) is 11.9 Å². The molecular formula is C28H24N4O4. The fraction of sp³-hybridized carbons (Fsp3) is 0.143. The van der Waals surface area contributed by atoms with Crippen LogP contribution in [0.1, 0.15) is 23.6 Å². The Kier molecular flexibility index (Phi) is 7.12. The lowest BCUT2D eigenvalue weighted by Gasteiger charge is -2.12. The summed E-state index contributed by atoms with van der Waals surface area (Å²) >= 11 is 0. The van der Waals surface area contributed by atoms with Gasteiger partial charge in [0.25, 0.3) is 11.5 Å². The highest BCUT2D eigenvalue weighted by atomic mass is 16.5. The molecule has 0 spiro atoms. The SMILES string of the molecule is CCOc1ccc(NC(=O)/C(C#N)=C/c2c(Oc3ccc(C)cc3)nc3c(C)cccn3c2=O)cc1. The molecule has 0 aliphatic carbocycles. The first-order valence-electron chi connectivity index (χ1n) is 11.3. The maximum Gasteiger partial charge on any atom is 0.269 e. The van der Waals surface area contributed by atoms with Crippen molar-refractivity contribution < 1.29 is 14.3 Å². The van der Waals surface area contributed by atoms with Gasteiger partial charge in [-0.2, -0.15) is 10.2 Å². The first-order chi connectivity index (χ1) is 17.4. The zero-order valence-electron chi connectivity index (χ0n) is 20.1. The maximum atomic E-state index is 13.4. The predicted molar refractivity (Wildman–Crippen MR) is 137 cm³/mol. The molecule has 0 unspecified atom stereocenters. The van der Waals surface area contributed by atoms with Gasteiger partial charge in [0.2, 0.25) is 5.88 Å². The van der Waals surface area contributed by atoms with Crippen LogP contribution in [0.3, 0.4) is 0 Å². The molecule has 8 nitrogen and oxygen atoms in total. The summed E-state index contributed by atoms with van der Waals surface area (Å²) in [6.07, 6.45) is 2.79. The lowest BCUT2D eigenvalue weighted by atomic mass is 10.1. The van der Waals surface area contributed by atoms with Gasteiger partial charge in [0.1, 0.15) is 34.4 Å². The number of aryl methyl sites for hydroxylation is 2. The van der Waals surface area contributed by atoms with E-state index in [2.05, 4.69) is 10.3 Å². The minimum Gasteiger partial charge on any atom is -0.494 e. The summed E-state index contributed by atoms with van der Waals surface area (Å²) in [5, 5.41) is 12.4. The molecule has 0 fully saturated rings. The smallest absolute Gasteiger partial charge is 0.269 e. The Morgan fingerprint density at radius 3 is 2.44 bits per heavy atom. The number of aromatic nitrogens is 2. The van der Waals surface area contributed by atoms with E-state index in [1.165, 1.54) is 10.5 Å². The fourth-order valence-electron chi connectivity index (χ4n) is 3.50. The molecule has 2 aromatic carbocycles. The van der Waals surface area contributed by atoms with Crippen molar-refractivity contribution in [1.82, 2.24) is 9.38 Å². The summed E-state index contributed by atoms with van der Waals surface area (Å²) in [6.45, 7) is 6.18. The number of hydrogen-bond donors (Lipinski definition) is 1. The molecule has 0 aliphatic heterocycles. The Balaban J connectivity index is 1.76. The molecule has 0 aliphatic rings. The van der Waals surface area contributed by atoms with Gasteiger partial charge in [-0.3, -0.25) is 14.0 Å². The molecule has 0 radical (unpaired) electrons. The lowest BCUT2D eigenvalue weighted by molar-refractivity contribution is -0.112. The third-order valence-electron chi connectivity index (χ3n) is 5.36. The van der Waals surface area contributed by atoms with Gasteiger partial charge in [-0.25, -0.2) is 0 Å². The van der Waals surface area contributed by atoms with Crippen molar-refractivity contribution in [3.8, 4) is 23.4 Å². The van der Waals surface area contributed by atoms with E-state index in [-0.39, 0.29) is 17.0 Å². The van der Waals surface area contributed by atoms with E-state index < -0.39 is 11.5 Å². The summed E-state index contributed by atoms with van der Waals surface area (Å²) in [5.74, 6) is 0.462. The monoisotopic (exact) mass is 480 g/mol. The van der Waals surface area contributed by atoms with Crippen molar-refractivity contribution in [2.24, 2.45) is 0 Å². The summed E-state index contributed by atoms with van der Waals surface area (Å²) in [7, 11) is 0. The van der Waals surface area contributed by atoms with Crippen LogP contribution in [-0.2, 0) is 4.79 Å². The minimum absolute atomic E-state index is 0.000213. The van der Waals surface area contributed by atoms with Gasteiger partial charge < -0.3 is 14.8 Å². The van der Waals surface area contributed by atoms with E-state index in [0.29, 0.717) is 29.4 Å². The molecule has 0 bridgehead atoms. The molecule has 1 N–H and O–H groups in total. The molecule has 0 atom stereocenters. The number of nitrogens with zero attached hydrogens (tertiary/aromatic N) is 3. The number of benzene rings is 2. The molecule has 2 heterocycles. The average molecular weight is 481 g/mol. The van der Waals surface area contributed by atoms with Crippen LogP contribution < -0.4 is 20.3 Å². The van der Waals surface area contributed by atoms with Gasteiger partial charge >= 0.3 is 0 Å². The molecular weight excluding hydrogens is 456 g/mol. The lowest BCUT2D eigenvalue weighted by Crippen LogP contribution is -2.20. The number of nitriles is 1. The second kappa shape index (κ2) is 10.6. The first-order valence-corrected chi connectivity index (χ1v) is 11.3. The highest BCUT2D eigenvalue weighted by Gasteiger charge is 2.18. The largest absolute Gasteiger partial charge is 0.494 e. The van der Waals surface area contributed by atoms with E-state index >= 15 is 0 Å². The average Bonchev–Trinajstić information content (AvgIpc) is 2.87. The highest BCUT2D eigenvalue weighted by Crippen LogP contribution is 2.25. The van der Waals surface area contributed by atoms with Gasteiger partial charge in [-0.1, -0.05) is 23.8 Å². The van der Waals surface area contributed by atoms with Gasteiger partial charge in [0.15, 0.2) is 0 Å². The van der Waals surface area contributed by atoms with Crippen LogP contribution in [0.2, 0.25) is 0 Å². The number of nitrogens with one attached hydrogen (secondary N) is 1. The van der Waals surface area contributed by atoms with Gasteiger partial charge in [-0.05, 0) is 74.9 Å². The van der Waals surface area contributed by atoms with Crippen LogP contribution in [0, 0.1) is 25.2 Å². The molecule has 8 heteroatoms. The summed E-state index contributed by atoms with van der Waals surface area (Å²) in [6, 6.07) is 19.4. The molecule has 0 saturated heterocycles. The van der Waals surface area contributed by atoms with Crippen LogP contribution in [0.4, 0.5) is 5.69 Å². The van der Waals surface area contributed by atoms with Crippen molar-refractivity contribution >= 4 is 23.3 Å². The number of ether oxygens (including phenoxy) is 2. The summed E-state index contributed by atoms with van der Waals surface area (Å²) < 4.78 is 12.7. The zero-order valence-corrected chi connectivity index (χ0v) is 20.1. The van der Waals surface area contributed by atoms with Crippen LogP contribution in [0.15, 0.2) is 77.2 Å². The number of pyridine rings is 1. The number of anilines is 1. The Labute approximate surface area is 208 Å². The number of carbonyl (C=O) groups excluding carboxylic acids is 1. The Bertz CT molecular complexity index is 1550. The normalized spacial score (nSPS) is 11.1. The van der Waals surface area contributed by atoms with E-state index in [9.17, 15) is 14.9 Å². The minimum atomic E-state index is -0.670. The molecule has 180 valence electrons. The standard InChI is InChI=1S/C28H24N4O4/c1-4-35-22-13-9-21(10-14-22)30-26(33)20(17-29)16-24-27(36-23-11-7-18(2)8-12-23)31-25-19(3)6-5-15-32(25)28(24)34/h5-16H,4H2,1-3H3,(H,30,33)/b20-16+. The van der Waals surface area contributed by atoms with Crippen molar-refractivity contribution in [3.05, 3.63) is 99.5 Å². The molecule has 2 aromatic heterocycles. The Morgan fingerprint density at radius 1 is 1.08 bits per heavy atom. The van der Waals surface area contributed by atoms with E-state index in [0.717, 1.165) is 11.1 Å². The molecule has 1 amide bonds. The fourth-order valence-corrected chi connectivity index (χ4v) is 3.50. The first kappa shape index (κ1) is 24.2. The van der Waals surface area contributed by atoms with Crippen LogP contribution >= 0.6 is 0 Å². The van der Waals surface area contributed by atoms with E-state index in [1.807, 2.05) is 45.0 Å². The quantitative estimate of drug-likeness (QED) is 0.293. The second-order valence-electron chi connectivity index (χ2n) is 8.02. The second-order valence-corrected chi connectivity index (χ2v) is 8.02. The highest BCUT2D eigenvalue weighted by molar-refractivity contribution is 6.09. The number of amides is 1. The van der Waals surface area contributed by atoms with E-state index in [4.69, 9.17) is 9.47 Å². The Hall–Kier alpha value is -4.90.